The van der Waals surface area contributed by atoms with Crippen LogP contribution in [0.25, 0.3) is 0 Å². The molecule has 92 valence electrons. The van der Waals surface area contributed by atoms with Crippen molar-refractivity contribution >= 4 is 5.90 Å². The minimum Gasteiger partial charge on any atom is -0.473 e. The van der Waals surface area contributed by atoms with Gasteiger partial charge in [0.15, 0.2) is 12.2 Å². The van der Waals surface area contributed by atoms with Crippen LogP contribution in [0.15, 0.2) is 4.99 Å². The first-order chi connectivity index (χ1) is 7.70. The van der Waals surface area contributed by atoms with Gasteiger partial charge in [-0.15, -0.1) is 0 Å². The van der Waals surface area contributed by atoms with Gasteiger partial charge in [0.05, 0.1) is 13.2 Å². The predicted octanol–water partition coefficient (Wildman–Crippen LogP) is 1.98. The summed E-state index contributed by atoms with van der Waals surface area (Å²) in [6, 6.07) is 0.130. The standard InChI is InChI=1S/C12H21NO3/c1-4-5-11-13-9-6-14-12(8(2)3)15-7-10(9)16-11/h8-10,12H,4-7H2,1-3H3/t9-,10+,12?/m0/s1. The van der Waals surface area contributed by atoms with Gasteiger partial charge in [-0.1, -0.05) is 20.8 Å². The van der Waals surface area contributed by atoms with Crippen molar-refractivity contribution in [2.45, 2.75) is 52.0 Å². The number of fused-ring (bicyclic) bond motifs is 1. The molecule has 16 heavy (non-hydrogen) atoms. The zero-order chi connectivity index (χ0) is 11.5. The van der Waals surface area contributed by atoms with Crippen molar-refractivity contribution in [2.24, 2.45) is 10.9 Å². The molecule has 0 saturated carbocycles. The Morgan fingerprint density at radius 2 is 2.06 bits per heavy atom. The summed E-state index contributed by atoms with van der Waals surface area (Å²) in [6.45, 7) is 7.52. The summed E-state index contributed by atoms with van der Waals surface area (Å²) >= 11 is 0. The second kappa shape index (κ2) is 5.15. The molecule has 1 unspecified atom stereocenters. The SMILES string of the molecule is CCCC1=N[C@H]2COC(C(C)C)OC[C@H]2O1. The van der Waals surface area contributed by atoms with Gasteiger partial charge in [0.1, 0.15) is 12.1 Å². The highest BCUT2D eigenvalue weighted by atomic mass is 16.7. The third-order valence-electron chi connectivity index (χ3n) is 2.89. The molecule has 0 aliphatic carbocycles. The Kier molecular flexibility index (Phi) is 3.82. The first-order valence-corrected chi connectivity index (χ1v) is 6.17. The van der Waals surface area contributed by atoms with E-state index in [0.717, 1.165) is 18.7 Å². The van der Waals surface area contributed by atoms with E-state index >= 15 is 0 Å². The van der Waals surface area contributed by atoms with Crippen LogP contribution in [0.4, 0.5) is 0 Å². The van der Waals surface area contributed by atoms with Crippen molar-refractivity contribution in [3.8, 4) is 0 Å². The Hall–Kier alpha value is -0.610. The van der Waals surface area contributed by atoms with E-state index < -0.39 is 0 Å². The monoisotopic (exact) mass is 227 g/mol. The summed E-state index contributed by atoms with van der Waals surface area (Å²) in [6.07, 6.45) is 1.93. The minimum absolute atomic E-state index is 0.0605. The van der Waals surface area contributed by atoms with Crippen molar-refractivity contribution in [1.82, 2.24) is 0 Å². The Balaban J connectivity index is 1.93. The number of rotatable bonds is 3. The highest BCUT2D eigenvalue weighted by Crippen LogP contribution is 2.23. The van der Waals surface area contributed by atoms with Gasteiger partial charge in [-0.05, 0) is 6.42 Å². The van der Waals surface area contributed by atoms with Crippen molar-refractivity contribution in [3.05, 3.63) is 0 Å². The molecule has 0 spiro atoms. The average molecular weight is 227 g/mol. The van der Waals surface area contributed by atoms with E-state index in [1.54, 1.807) is 0 Å². The number of ether oxygens (including phenoxy) is 3. The van der Waals surface area contributed by atoms with Crippen molar-refractivity contribution in [1.29, 1.82) is 0 Å². The fourth-order valence-corrected chi connectivity index (χ4v) is 1.99. The van der Waals surface area contributed by atoms with Crippen LogP contribution < -0.4 is 0 Å². The molecule has 0 amide bonds. The first-order valence-electron chi connectivity index (χ1n) is 6.17. The number of aliphatic imine (C=N–C) groups is 1. The predicted molar refractivity (Wildman–Crippen MR) is 61.5 cm³/mol. The molecule has 4 heteroatoms. The van der Waals surface area contributed by atoms with Gasteiger partial charge in [-0.3, -0.25) is 0 Å². The lowest BCUT2D eigenvalue weighted by molar-refractivity contribution is -0.155. The first kappa shape index (κ1) is 11.9. The number of hydrogen-bond donors (Lipinski definition) is 0. The third kappa shape index (κ3) is 2.55. The maximum atomic E-state index is 5.76. The summed E-state index contributed by atoms with van der Waals surface area (Å²) < 4.78 is 17.1. The molecule has 2 aliphatic heterocycles. The Morgan fingerprint density at radius 1 is 1.31 bits per heavy atom. The molecule has 3 atom stereocenters. The average Bonchev–Trinajstić information content (AvgIpc) is 2.50. The third-order valence-corrected chi connectivity index (χ3v) is 2.89. The molecule has 0 N–H and O–H groups in total. The maximum Gasteiger partial charge on any atom is 0.184 e. The molecule has 2 rings (SSSR count). The van der Waals surface area contributed by atoms with Crippen LogP contribution in [0, 0.1) is 5.92 Å². The fraction of sp³-hybridized carbons (Fsp3) is 0.917. The van der Waals surface area contributed by atoms with Crippen LogP contribution in [0.1, 0.15) is 33.6 Å². The van der Waals surface area contributed by atoms with Crippen molar-refractivity contribution in [2.75, 3.05) is 13.2 Å². The largest absolute Gasteiger partial charge is 0.473 e. The van der Waals surface area contributed by atoms with E-state index in [0.29, 0.717) is 19.1 Å². The van der Waals surface area contributed by atoms with Crippen molar-refractivity contribution < 1.29 is 14.2 Å². The molecule has 0 bridgehead atoms. The van der Waals surface area contributed by atoms with E-state index in [-0.39, 0.29) is 18.4 Å². The highest BCUT2D eigenvalue weighted by molar-refractivity contribution is 5.78. The minimum atomic E-state index is -0.112. The summed E-state index contributed by atoms with van der Waals surface area (Å²) in [5.41, 5.74) is 0. The van der Waals surface area contributed by atoms with E-state index in [1.165, 1.54) is 0 Å². The van der Waals surface area contributed by atoms with Gasteiger partial charge < -0.3 is 14.2 Å². The summed E-state index contributed by atoms with van der Waals surface area (Å²) in [4.78, 5) is 4.54. The lowest BCUT2D eigenvalue weighted by atomic mass is 10.2. The second-order valence-electron chi connectivity index (χ2n) is 4.78. The molecular weight excluding hydrogens is 206 g/mol. The normalized spacial score (nSPS) is 34.2. The van der Waals surface area contributed by atoms with Crippen LogP contribution in [-0.4, -0.2) is 37.5 Å². The zero-order valence-corrected chi connectivity index (χ0v) is 10.3. The fourth-order valence-electron chi connectivity index (χ4n) is 1.99. The lowest BCUT2D eigenvalue weighted by Gasteiger charge is -2.19. The van der Waals surface area contributed by atoms with Gasteiger partial charge in [-0.25, -0.2) is 4.99 Å². The van der Waals surface area contributed by atoms with Gasteiger partial charge in [0.25, 0.3) is 0 Å². The summed E-state index contributed by atoms with van der Waals surface area (Å²) in [5.74, 6) is 1.24. The van der Waals surface area contributed by atoms with Gasteiger partial charge in [0.2, 0.25) is 0 Å². The zero-order valence-electron chi connectivity index (χ0n) is 10.3. The van der Waals surface area contributed by atoms with E-state index in [1.807, 2.05) is 0 Å². The molecule has 0 aromatic carbocycles. The van der Waals surface area contributed by atoms with E-state index in [9.17, 15) is 0 Å². The van der Waals surface area contributed by atoms with Crippen LogP contribution in [0.2, 0.25) is 0 Å². The lowest BCUT2D eigenvalue weighted by Crippen LogP contribution is -2.28. The molecular formula is C12H21NO3. The van der Waals surface area contributed by atoms with Gasteiger partial charge >= 0.3 is 0 Å². The van der Waals surface area contributed by atoms with Gasteiger partial charge in [-0.2, -0.15) is 0 Å². The Labute approximate surface area is 97.0 Å². The summed E-state index contributed by atoms with van der Waals surface area (Å²) in [5, 5.41) is 0. The second-order valence-corrected chi connectivity index (χ2v) is 4.78. The molecule has 2 aliphatic rings. The molecule has 4 nitrogen and oxygen atoms in total. The Bertz CT molecular complexity index is 265. The molecule has 0 radical (unpaired) electrons. The molecule has 0 aromatic heterocycles. The van der Waals surface area contributed by atoms with Crippen LogP contribution in [0.5, 0.6) is 0 Å². The van der Waals surface area contributed by atoms with Crippen LogP contribution in [-0.2, 0) is 14.2 Å². The molecule has 0 aromatic rings. The smallest absolute Gasteiger partial charge is 0.184 e. The van der Waals surface area contributed by atoms with E-state index in [2.05, 4.69) is 25.8 Å². The maximum absolute atomic E-state index is 5.76. The highest BCUT2D eigenvalue weighted by Gasteiger charge is 2.35. The quantitative estimate of drug-likeness (QED) is 0.740. The molecule has 2 heterocycles. The van der Waals surface area contributed by atoms with Gasteiger partial charge in [0, 0.05) is 12.3 Å². The van der Waals surface area contributed by atoms with Crippen molar-refractivity contribution in [3.63, 3.8) is 0 Å². The summed E-state index contributed by atoms with van der Waals surface area (Å²) in [7, 11) is 0. The topological polar surface area (TPSA) is 40.0 Å². The molecule has 1 saturated heterocycles. The number of hydrogen-bond acceptors (Lipinski definition) is 4. The van der Waals surface area contributed by atoms with E-state index in [4.69, 9.17) is 14.2 Å². The van der Waals surface area contributed by atoms with Crippen LogP contribution >= 0.6 is 0 Å². The van der Waals surface area contributed by atoms with Crippen LogP contribution in [0.3, 0.4) is 0 Å². The number of nitrogens with zero attached hydrogens (tertiary/aromatic N) is 1. The molecule has 1 fully saturated rings. The Morgan fingerprint density at radius 3 is 2.75 bits per heavy atom.